The molecular formula is C8H8BrN3S2. The summed E-state index contributed by atoms with van der Waals surface area (Å²) in [7, 11) is 0. The molecule has 0 radical (unpaired) electrons. The Morgan fingerprint density at radius 1 is 1.36 bits per heavy atom. The second-order valence-corrected chi connectivity index (χ2v) is 5.00. The first-order valence-electron chi connectivity index (χ1n) is 3.88. The number of nitrogens with zero attached hydrogens (tertiary/aromatic N) is 1. The highest BCUT2D eigenvalue weighted by Crippen LogP contribution is 2.30. The van der Waals surface area contributed by atoms with Crippen LogP contribution in [-0.4, -0.2) is 4.98 Å². The maximum absolute atomic E-state index is 5.52. The maximum atomic E-state index is 5.52. The molecule has 74 valence electrons. The molecule has 2 heterocycles. The Kier molecular flexibility index (Phi) is 3.30. The van der Waals surface area contributed by atoms with Crippen molar-refractivity contribution < 1.29 is 0 Å². The Balaban J connectivity index is 2.36. The summed E-state index contributed by atoms with van der Waals surface area (Å²) < 4.78 is 1.07. The molecule has 0 aliphatic carbocycles. The first-order chi connectivity index (χ1) is 6.83. The molecule has 0 aliphatic heterocycles. The molecule has 0 amide bonds. The first-order valence-corrected chi connectivity index (χ1v) is 6.56. The van der Waals surface area contributed by atoms with Gasteiger partial charge in [0, 0.05) is 20.8 Å². The number of hydrazine groups is 1. The van der Waals surface area contributed by atoms with Crippen LogP contribution in [0, 0.1) is 0 Å². The standard InChI is InChI=1S/C8H8BrN3S2/c9-6-2-13-1-5(6)8(12-10)7-3-14-4-11-7/h1-4,8,12H,10H2. The highest BCUT2D eigenvalue weighted by Gasteiger charge is 2.17. The van der Waals surface area contributed by atoms with E-state index >= 15 is 0 Å². The van der Waals surface area contributed by atoms with Crippen LogP contribution >= 0.6 is 38.6 Å². The van der Waals surface area contributed by atoms with Crippen LogP contribution in [0.15, 0.2) is 26.1 Å². The zero-order chi connectivity index (χ0) is 9.97. The summed E-state index contributed by atoms with van der Waals surface area (Å²) in [4.78, 5) is 4.24. The molecule has 0 fully saturated rings. The number of hydrogen-bond acceptors (Lipinski definition) is 5. The molecule has 0 saturated carbocycles. The van der Waals surface area contributed by atoms with Gasteiger partial charge in [-0.3, -0.25) is 5.84 Å². The van der Waals surface area contributed by atoms with Crippen LogP contribution in [0.3, 0.4) is 0 Å². The van der Waals surface area contributed by atoms with Crippen molar-refractivity contribution in [3.05, 3.63) is 37.4 Å². The van der Waals surface area contributed by atoms with Gasteiger partial charge in [0.05, 0.1) is 17.2 Å². The summed E-state index contributed by atoms with van der Waals surface area (Å²) in [5, 5.41) is 6.09. The smallest absolute Gasteiger partial charge is 0.0908 e. The Morgan fingerprint density at radius 3 is 2.71 bits per heavy atom. The van der Waals surface area contributed by atoms with Crippen LogP contribution in [0.4, 0.5) is 0 Å². The number of thiophene rings is 1. The van der Waals surface area contributed by atoms with Crippen molar-refractivity contribution in [3.63, 3.8) is 0 Å². The number of thiazole rings is 1. The quantitative estimate of drug-likeness (QED) is 0.674. The van der Waals surface area contributed by atoms with E-state index in [1.165, 1.54) is 0 Å². The van der Waals surface area contributed by atoms with Gasteiger partial charge in [0.1, 0.15) is 0 Å². The minimum absolute atomic E-state index is 0.0260. The SMILES string of the molecule is NNC(c1cscn1)c1cscc1Br. The fourth-order valence-electron chi connectivity index (χ4n) is 1.20. The van der Waals surface area contributed by atoms with Crippen molar-refractivity contribution in [2.45, 2.75) is 6.04 Å². The molecule has 1 unspecified atom stereocenters. The van der Waals surface area contributed by atoms with Crippen molar-refractivity contribution in [1.29, 1.82) is 0 Å². The number of nitrogens with two attached hydrogens (primary N) is 1. The molecule has 2 aromatic rings. The van der Waals surface area contributed by atoms with Gasteiger partial charge in [-0.1, -0.05) is 0 Å². The summed E-state index contributed by atoms with van der Waals surface area (Å²) in [6, 6.07) is -0.0260. The fraction of sp³-hybridized carbons (Fsp3) is 0.125. The lowest BCUT2D eigenvalue weighted by Gasteiger charge is -2.12. The lowest BCUT2D eigenvalue weighted by molar-refractivity contribution is 0.624. The molecule has 0 aromatic carbocycles. The van der Waals surface area contributed by atoms with Crippen molar-refractivity contribution >= 4 is 38.6 Å². The summed E-state index contributed by atoms with van der Waals surface area (Å²) in [6.07, 6.45) is 0. The number of halogens is 1. The van der Waals surface area contributed by atoms with Crippen LogP contribution in [-0.2, 0) is 0 Å². The minimum Gasteiger partial charge on any atom is -0.271 e. The predicted octanol–water partition coefficient (Wildman–Crippen LogP) is 2.52. The van der Waals surface area contributed by atoms with Gasteiger partial charge in [-0.05, 0) is 21.3 Å². The minimum atomic E-state index is -0.0260. The van der Waals surface area contributed by atoms with E-state index in [1.807, 2.05) is 10.8 Å². The highest BCUT2D eigenvalue weighted by atomic mass is 79.9. The van der Waals surface area contributed by atoms with E-state index in [9.17, 15) is 0 Å². The third-order valence-corrected chi connectivity index (χ3v) is 4.22. The zero-order valence-corrected chi connectivity index (χ0v) is 10.3. The molecule has 14 heavy (non-hydrogen) atoms. The number of hydrogen-bond donors (Lipinski definition) is 2. The van der Waals surface area contributed by atoms with Crippen molar-refractivity contribution in [2.24, 2.45) is 5.84 Å². The predicted molar refractivity (Wildman–Crippen MR) is 63.3 cm³/mol. The Morgan fingerprint density at radius 2 is 2.21 bits per heavy atom. The van der Waals surface area contributed by atoms with Gasteiger partial charge >= 0.3 is 0 Å². The normalized spacial score (nSPS) is 13.0. The average Bonchev–Trinajstić information content (AvgIpc) is 2.80. The van der Waals surface area contributed by atoms with Crippen molar-refractivity contribution in [1.82, 2.24) is 10.4 Å². The van der Waals surface area contributed by atoms with Crippen LogP contribution in [0.2, 0.25) is 0 Å². The van der Waals surface area contributed by atoms with Crippen LogP contribution < -0.4 is 11.3 Å². The monoisotopic (exact) mass is 289 g/mol. The van der Waals surface area contributed by atoms with Gasteiger partial charge in [-0.15, -0.1) is 11.3 Å². The molecular weight excluding hydrogens is 282 g/mol. The molecule has 2 rings (SSSR count). The van der Waals surface area contributed by atoms with Gasteiger partial charge in [-0.25, -0.2) is 10.4 Å². The van der Waals surface area contributed by atoms with Crippen molar-refractivity contribution in [3.8, 4) is 0 Å². The topological polar surface area (TPSA) is 50.9 Å². The summed E-state index contributed by atoms with van der Waals surface area (Å²) in [5.41, 5.74) is 6.66. The summed E-state index contributed by atoms with van der Waals surface area (Å²) in [5.74, 6) is 5.52. The number of nitrogens with one attached hydrogen (secondary N) is 1. The molecule has 0 aliphatic rings. The highest BCUT2D eigenvalue weighted by molar-refractivity contribution is 9.10. The molecule has 2 aromatic heterocycles. The van der Waals surface area contributed by atoms with E-state index in [1.54, 1.807) is 28.2 Å². The largest absolute Gasteiger partial charge is 0.271 e. The van der Waals surface area contributed by atoms with E-state index in [4.69, 9.17) is 5.84 Å². The van der Waals surface area contributed by atoms with Gasteiger partial charge in [0.15, 0.2) is 0 Å². The molecule has 0 spiro atoms. The second kappa shape index (κ2) is 4.50. The van der Waals surface area contributed by atoms with Crippen LogP contribution in [0.25, 0.3) is 0 Å². The first kappa shape index (κ1) is 10.3. The average molecular weight is 290 g/mol. The second-order valence-electron chi connectivity index (χ2n) is 2.69. The molecule has 6 heteroatoms. The van der Waals surface area contributed by atoms with E-state index in [2.05, 4.69) is 31.7 Å². The number of aromatic nitrogens is 1. The van der Waals surface area contributed by atoms with E-state index in [0.717, 1.165) is 15.7 Å². The van der Waals surface area contributed by atoms with E-state index in [-0.39, 0.29) is 6.04 Å². The summed E-state index contributed by atoms with van der Waals surface area (Å²) >= 11 is 6.69. The molecule has 3 nitrogen and oxygen atoms in total. The number of rotatable bonds is 3. The van der Waals surface area contributed by atoms with E-state index in [0.29, 0.717) is 0 Å². The molecule has 1 atom stereocenters. The molecule has 3 N–H and O–H groups in total. The third-order valence-electron chi connectivity index (χ3n) is 1.87. The van der Waals surface area contributed by atoms with Crippen LogP contribution in [0.5, 0.6) is 0 Å². The van der Waals surface area contributed by atoms with Gasteiger partial charge in [0.2, 0.25) is 0 Å². The van der Waals surface area contributed by atoms with Gasteiger partial charge in [-0.2, -0.15) is 11.3 Å². The van der Waals surface area contributed by atoms with Gasteiger partial charge in [0.25, 0.3) is 0 Å². The Labute approximate surface area is 98.1 Å². The molecule has 0 saturated heterocycles. The third kappa shape index (κ3) is 1.89. The lowest BCUT2D eigenvalue weighted by Crippen LogP contribution is -2.28. The van der Waals surface area contributed by atoms with Crippen molar-refractivity contribution in [2.75, 3.05) is 0 Å². The van der Waals surface area contributed by atoms with Gasteiger partial charge < -0.3 is 0 Å². The zero-order valence-electron chi connectivity index (χ0n) is 7.11. The van der Waals surface area contributed by atoms with E-state index < -0.39 is 0 Å². The molecule has 0 bridgehead atoms. The fourth-order valence-corrected chi connectivity index (χ4v) is 3.33. The maximum Gasteiger partial charge on any atom is 0.0908 e. The summed E-state index contributed by atoms with van der Waals surface area (Å²) in [6.45, 7) is 0. The Hall–Kier alpha value is -0.270. The lowest BCUT2D eigenvalue weighted by atomic mass is 10.1. The Bertz CT molecular complexity index is 398. The van der Waals surface area contributed by atoms with Crippen LogP contribution in [0.1, 0.15) is 17.3 Å².